The number of rotatable bonds is 3. The molecular weight excluding hydrogens is 444 g/mol. The van der Waals surface area contributed by atoms with Crippen LogP contribution in [0.2, 0.25) is 0 Å². The second-order valence-electron chi connectivity index (χ2n) is 10.5. The van der Waals surface area contributed by atoms with Gasteiger partial charge in [-0.1, -0.05) is 11.3 Å². The lowest BCUT2D eigenvalue weighted by molar-refractivity contribution is 0.127. The molecule has 6 rings (SSSR count). The number of piperidine rings is 1. The summed E-state index contributed by atoms with van der Waals surface area (Å²) < 4.78 is 1.89. The third-order valence-electron chi connectivity index (χ3n) is 6.51. The van der Waals surface area contributed by atoms with E-state index in [1.54, 1.807) is 18.3 Å². The van der Waals surface area contributed by atoms with Crippen LogP contribution in [0, 0.1) is 0 Å². The lowest BCUT2D eigenvalue weighted by atomic mass is 9.80. The van der Waals surface area contributed by atoms with Crippen LogP contribution in [0.3, 0.4) is 0 Å². The molecule has 1 fully saturated rings. The number of hydrogen-bond acceptors (Lipinski definition) is 9. The molecule has 0 atom stereocenters. The SMILES string of the molecule is CC1(C)CC(n2nnc3cc(-c4ccc(-c5cc6n[nH]nc6cn5)cc4O)nnc32)CC(C)(C)N1. The molecule has 4 aromatic heterocycles. The van der Waals surface area contributed by atoms with Crippen molar-refractivity contribution in [1.82, 2.24) is 50.9 Å². The summed E-state index contributed by atoms with van der Waals surface area (Å²) in [7, 11) is 0. The second-order valence-corrected chi connectivity index (χ2v) is 10.5. The average molecular weight is 471 g/mol. The quantitative estimate of drug-likeness (QED) is 0.361. The topological polar surface area (TPSA) is 143 Å². The third kappa shape index (κ3) is 3.87. The highest BCUT2D eigenvalue weighted by Gasteiger charge is 2.39. The van der Waals surface area contributed by atoms with Crippen LogP contribution in [0.5, 0.6) is 5.75 Å². The summed E-state index contributed by atoms with van der Waals surface area (Å²) in [6.45, 7) is 8.82. The van der Waals surface area contributed by atoms with Gasteiger partial charge < -0.3 is 10.4 Å². The van der Waals surface area contributed by atoms with Crippen LogP contribution >= 0.6 is 0 Å². The number of phenolic OH excluding ortho intramolecular Hbond substituents is 1. The van der Waals surface area contributed by atoms with E-state index in [0.717, 1.165) is 18.4 Å². The van der Waals surface area contributed by atoms with Crippen molar-refractivity contribution in [3.63, 3.8) is 0 Å². The van der Waals surface area contributed by atoms with Gasteiger partial charge in [-0.15, -0.1) is 15.3 Å². The van der Waals surface area contributed by atoms with Gasteiger partial charge in [0.05, 0.1) is 23.6 Å². The molecule has 0 saturated carbocycles. The first-order chi connectivity index (χ1) is 16.7. The minimum Gasteiger partial charge on any atom is -0.507 e. The molecule has 178 valence electrons. The fraction of sp³-hybridized carbons (Fsp3) is 0.375. The minimum absolute atomic E-state index is 0.0291. The van der Waals surface area contributed by atoms with Crippen LogP contribution in [0.1, 0.15) is 46.6 Å². The molecule has 1 saturated heterocycles. The van der Waals surface area contributed by atoms with E-state index in [2.05, 4.69) is 73.9 Å². The number of pyridine rings is 1. The molecule has 5 heterocycles. The molecule has 0 amide bonds. The van der Waals surface area contributed by atoms with Gasteiger partial charge in [0, 0.05) is 22.2 Å². The number of aromatic amines is 1. The van der Waals surface area contributed by atoms with Crippen LogP contribution in [-0.2, 0) is 0 Å². The van der Waals surface area contributed by atoms with Gasteiger partial charge in [-0.2, -0.15) is 15.4 Å². The lowest BCUT2D eigenvalue weighted by Crippen LogP contribution is -2.58. The van der Waals surface area contributed by atoms with Crippen molar-refractivity contribution in [2.75, 3.05) is 0 Å². The standard InChI is InChI=1S/C24H26N10O/c1-23(2)10-14(11-24(3,4)31-23)34-22-19(29-33-34)9-17(26-30-22)15-6-5-13(7-21(15)35)16-8-18-20(12-25-16)28-32-27-18/h5-9,12,14,31,35H,10-11H2,1-4H3,(H,27,28,32). The van der Waals surface area contributed by atoms with E-state index in [4.69, 9.17) is 0 Å². The van der Waals surface area contributed by atoms with Crippen molar-refractivity contribution in [2.45, 2.75) is 57.7 Å². The maximum Gasteiger partial charge on any atom is 0.201 e. The van der Waals surface area contributed by atoms with Gasteiger partial charge in [0.1, 0.15) is 22.3 Å². The van der Waals surface area contributed by atoms with Crippen LogP contribution < -0.4 is 5.32 Å². The number of fused-ring (bicyclic) bond motifs is 2. The number of hydrogen-bond donors (Lipinski definition) is 3. The minimum atomic E-state index is -0.0291. The largest absolute Gasteiger partial charge is 0.507 e. The van der Waals surface area contributed by atoms with E-state index in [1.165, 1.54) is 0 Å². The van der Waals surface area contributed by atoms with Crippen molar-refractivity contribution < 1.29 is 5.11 Å². The van der Waals surface area contributed by atoms with Crippen molar-refractivity contribution in [3.8, 4) is 28.3 Å². The summed E-state index contributed by atoms with van der Waals surface area (Å²) in [6, 6.07) is 9.14. The van der Waals surface area contributed by atoms with Gasteiger partial charge in [-0.05, 0) is 64.8 Å². The smallest absolute Gasteiger partial charge is 0.201 e. The average Bonchev–Trinajstić information content (AvgIpc) is 3.43. The molecule has 5 aromatic rings. The van der Waals surface area contributed by atoms with Gasteiger partial charge in [-0.25, -0.2) is 4.68 Å². The van der Waals surface area contributed by atoms with E-state index in [1.807, 2.05) is 22.9 Å². The fourth-order valence-corrected chi connectivity index (χ4v) is 5.38. The maximum atomic E-state index is 10.8. The molecule has 0 bridgehead atoms. The molecule has 0 unspecified atom stereocenters. The van der Waals surface area contributed by atoms with E-state index < -0.39 is 0 Å². The van der Waals surface area contributed by atoms with Gasteiger partial charge in [-0.3, -0.25) is 4.98 Å². The molecule has 0 spiro atoms. The highest BCUT2D eigenvalue weighted by atomic mass is 16.3. The first-order valence-electron chi connectivity index (χ1n) is 11.6. The molecule has 3 N–H and O–H groups in total. The first kappa shape index (κ1) is 21.5. The Kier molecular flexibility index (Phi) is 4.62. The Labute approximate surface area is 201 Å². The van der Waals surface area contributed by atoms with Crippen LogP contribution in [0.4, 0.5) is 0 Å². The van der Waals surface area contributed by atoms with E-state index in [-0.39, 0.29) is 22.9 Å². The number of H-pyrrole nitrogens is 1. The highest BCUT2D eigenvalue weighted by Crippen LogP contribution is 2.37. The Hall–Kier alpha value is -3.99. The third-order valence-corrected chi connectivity index (χ3v) is 6.51. The zero-order chi connectivity index (χ0) is 24.4. The molecule has 35 heavy (non-hydrogen) atoms. The summed E-state index contributed by atoms with van der Waals surface area (Å²) in [6.07, 6.45) is 3.47. The van der Waals surface area contributed by atoms with Crippen molar-refractivity contribution in [2.24, 2.45) is 0 Å². The van der Waals surface area contributed by atoms with Crippen molar-refractivity contribution >= 4 is 22.2 Å². The molecule has 11 heteroatoms. The summed E-state index contributed by atoms with van der Waals surface area (Å²) in [5, 5.41) is 42.9. The second kappa shape index (κ2) is 7.51. The Bertz CT molecular complexity index is 1550. The van der Waals surface area contributed by atoms with Crippen LogP contribution in [0.15, 0.2) is 36.5 Å². The molecular formula is C24H26N10O. The zero-order valence-electron chi connectivity index (χ0n) is 20.0. The fourth-order valence-electron chi connectivity index (χ4n) is 5.38. The zero-order valence-corrected chi connectivity index (χ0v) is 20.0. The summed E-state index contributed by atoms with van der Waals surface area (Å²) in [5.74, 6) is 0.0763. The van der Waals surface area contributed by atoms with E-state index in [9.17, 15) is 5.11 Å². The van der Waals surface area contributed by atoms with Crippen molar-refractivity contribution in [3.05, 3.63) is 36.5 Å². The normalized spacial score (nSPS) is 17.8. The molecule has 1 aromatic carbocycles. The Morgan fingerprint density at radius 3 is 2.40 bits per heavy atom. The Morgan fingerprint density at radius 1 is 0.886 bits per heavy atom. The van der Waals surface area contributed by atoms with Gasteiger partial charge in [0.15, 0.2) is 0 Å². The van der Waals surface area contributed by atoms with Crippen LogP contribution in [-0.4, -0.2) is 61.8 Å². The van der Waals surface area contributed by atoms with Crippen molar-refractivity contribution in [1.29, 1.82) is 0 Å². The molecule has 1 aliphatic rings. The van der Waals surface area contributed by atoms with Crippen LogP contribution in [0.25, 0.3) is 44.7 Å². The molecule has 0 aliphatic carbocycles. The van der Waals surface area contributed by atoms with Gasteiger partial charge >= 0.3 is 0 Å². The Morgan fingerprint density at radius 2 is 1.63 bits per heavy atom. The number of nitrogens with zero attached hydrogens (tertiary/aromatic N) is 8. The maximum absolute atomic E-state index is 10.8. The highest BCUT2D eigenvalue weighted by molar-refractivity contribution is 5.81. The summed E-state index contributed by atoms with van der Waals surface area (Å²) in [4.78, 5) is 4.41. The van der Waals surface area contributed by atoms with E-state index >= 15 is 0 Å². The predicted molar refractivity (Wildman–Crippen MR) is 130 cm³/mol. The number of aromatic hydroxyl groups is 1. The van der Waals surface area contributed by atoms with Gasteiger partial charge in [0.25, 0.3) is 0 Å². The molecule has 0 radical (unpaired) electrons. The summed E-state index contributed by atoms with van der Waals surface area (Å²) in [5.41, 5.74) is 5.15. The van der Waals surface area contributed by atoms with E-state index in [0.29, 0.717) is 39.1 Å². The number of benzene rings is 1. The monoisotopic (exact) mass is 470 g/mol. The number of phenols is 1. The number of nitrogens with one attached hydrogen (secondary N) is 2. The molecule has 11 nitrogen and oxygen atoms in total. The van der Waals surface area contributed by atoms with Gasteiger partial charge in [0.2, 0.25) is 5.65 Å². The molecule has 1 aliphatic heterocycles. The number of aromatic nitrogens is 9. The lowest BCUT2D eigenvalue weighted by Gasteiger charge is -2.46. The summed E-state index contributed by atoms with van der Waals surface area (Å²) >= 11 is 0. The predicted octanol–water partition coefficient (Wildman–Crippen LogP) is 3.41. The first-order valence-corrected chi connectivity index (χ1v) is 11.6. The Balaban J connectivity index is 1.32.